The SMILES string of the molecule is Cc1ccc(C(=O)N2C(=O)OC(=O)[C@@H]2C)cc1. The highest BCUT2D eigenvalue weighted by Gasteiger charge is 2.42. The van der Waals surface area contributed by atoms with E-state index < -0.39 is 24.0 Å². The van der Waals surface area contributed by atoms with Crippen LogP contribution >= 0.6 is 0 Å². The molecule has 0 aromatic heterocycles. The predicted octanol–water partition coefficient (Wildman–Crippen LogP) is 1.50. The maximum absolute atomic E-state index is 12.0. The number of carbonyl (C=O) groups excluding carboxylic acids is 3. The number of carbonyl (C=O) groups is 3. The number of aryl methyl sites for hydroxylation is 1. The number of hydrogen-bond donors (Lipinski definition) is 0. The van der Waals surface area contributed by atoms with Crippen LogP contribution in [0.15, 0.2) is 24.3 Å². The van der Waals surface area contributed by atoms with Gasteiger partial charge in [-0.2, -0.15) is 0 Å². The average Bonchev–Trinajstić information content (AvgIpc) is 2.53. The van der Waals surface area contributed by atoms with Crippen molar-refractivity contribution in [2.24, 2.45) is 0 Å². The molecule has 1 aromatic rings. The van der Waals surface area contributed by atoms with Gasteiger partial charge in [0.15, 0.2) is 0 Å². The van der Waals surface area contributed by atoms with Crippen LogP contribution in [0.1, 0.15) is 22.8 Å². The van der Waals surface area contributed by atoms with Gasteiger partial charge in [0, 0.05) is 5.56 Å². The summed E-state index contributed by atoms with van der Waals surface area (Å²) in [5.41, 5.74) is 1.36. The van der Waals surface area contributed by atoms with Gasteiger partial charge in [0.1, 0.15) is 6.04 Å². The van der Waals surface area contributed by atoms with E-state index in [4.69, 9.17) is 0 Å². The van der Waals surface area contributed by atoms with Crippen molar-refractivity contribution in [3.63, 3.8) is 0 Å². The molecule has 0 unspecified atom stereocenters. The quantitative estimate of drug-likeness (QED) is 0.544. The minimum absolute atomic E-state index is 0.356. The van der Waals surface area contributed by atoms with Crippen LogP contribution in [0.4, 0.5) is 4.79 Å². The zero-order chi connectivity index (χ0) is 12.6. The first-order valence-corrected chi connectivity index (χ1v) is 5.16. The molecule has 0 N–H and O–H groups in total. The monoisotopic (exact) mass is 233 g/mol. The standard InChI is InChI=1S/C12H11NO4/c1-7-3-5-9(6-4-7)10(14)13-8(2)11(15)17-12(13)16/h3-6,8H,1-2H3/t8-/m0/s1. The largest absolute Gasteiger partial charge is 0.425 e. The maximum atomic E-state index is 12.0. The first-order chi connectivity index (χ1) is 8.00. The Hall–Kier alpha value is -2.17. The van der Waals surface area contributed by atoms with E-state index in [1.165, 1.54) is 6.92 Å². The van der Waals surface area contributed by atoms with Crippen molar-refractivity contribution in [1.29, 1.82) is 0 Å². The van der Waals surface area contributed by atoms with Crippen LogP contribution in [0, 0.1) is 6.92 Å². The molecule has 88 valence electrons. The fourth-order valence-electron chi connectivity index (χ4n) is 1.58. The minimum atomic E-state index is -0.909. The highest BCUT2D eigenvalue weighted by atomic mass is 16.6. The van der Waals surface area contributed by atoms with Gasteiger partial charge in [-0.05, 0) is 26.0 Å². The van der Waals surface area contributed by atoms with Crippen molar-refractivity contribution in [3.8, 4) is 0 Å². The van der Waals surface area contributed by atoms with Gasteiger partial charge in [0.05, 0.1) is 0 Å². The summed E-state index contributed by atoms with van der Waals surface area (Å²) in [5.74, 6) is -1.22. The van der Waals surface area contributed by atoms with E-state index in [0.717, 1.165) is 10.5 Å². The number of imide groups is 1. The van der Waals surface area contributed by atoms with Crippen molar-refractivity contribution in [2.75, 3.05) is 0 Å². The van der Waals surface area contributed by atoms with Crippen molar-refractivity contribution in [2.45, 2.75) is 19.9 Å². The van der Waals surface area contributed by atoms with Gasteiger partial charge >= 0.3 is 12.1 Å². The van der Waals surface area contributed by atoms with Crippen molar-refractivity contribution >= 4 is 18.0 Å². The molecule has 1 heterocycles. The Kier molecular flexibility index (Phi) is 2.67. The van der Waals surface area contributed by atoms with Gasteiger partial charge in [0.25, 0.3) is 5.91 Å². The minimum Gasteiger partial charge on any atom is -0.374 e. The second kappa shape index (κ2) is 4.01. The average molecular weight is 233 g/mol. The van der Waals surface area contributed by atoms with Gasteiger partial charge in [-0.25, -0.2) is 14.5 Å². The van der Waals surface area contributed by atoms with E-state index >= 15 is 0 Å². The van der Waals surface area contributed by atoms with Crippen molar-refractivity contribution in [3.05, 3.63) is 35.4 Å². The number of nitrogens with zero attached hydrogens (tertiary/aromatic N) is 1. The van der Waals surface area contributed by atoms with Crippen LogP contribution in [0.3, 0.4) is 0 Å². The molecule has 2 rings (SSSR count). The molecule has 1 saturated heterocycles. The van der Waals surface area contributed by atoms with Crippen LogP contribution < -0.4 is 0 Å². The van der Waals surface area contributed by atoms with Gasteiger partial charge in [-0.1, -0.05) is 17.7 Å². The number of amides is 2. The highest BCUT2D eigenvalue weighted by Crippen LogP contribution is 2.17. The summed E-state index contributed by atoms with van der Waals surface area (Å²) in [6, 6.07) is 5.89. The first kappa shape index (κ1) is 11.3. The van der Waals surface area contributed by atoms with Gasteiger partial charge in [-0.3, -0.25) is 4.79 Å². The first-order valence-electron chi connectivity index (χ1n) is 5.16. The Morgan fingerprint density at radius 1 is 1.24 bits per heavy atom. The molecule has 1 aromatic carbocycles. The molecule has 5 heteroatoms. The molecule has 0 radical (unpaired) electrons. The Morgan fingerprint density at radius 2 is 1.82 bits per heavy atom. The van der Waals surface area contributed by atoms with E-state index in [9.17, 15) is 14.4 Å². The lowest BCUT2D eigenvalue weighted by atomic mass is 10.1. The lowest BCUT2D eigenvalue weighted by molar-refractivity contribution is -0.135. The number of ether oxygens (including phenoxy) is 1. The van der Waals surface area contributed by atoms with Crippen LogP contribution in [-0.2, 0) is 9.53 Å². The van der Waals surface area contributed by atoms with Crippen LogP contribution in [0.5, 0.6) is 0 Å². The Bertz CT molecular complexity index is 492. The molecule has 0 saturated carbocycles. The predicted molar refractivity (Wildman–Crippen MR) is 58.3 cm³/mol. The molecule has 0 spiro atoms. The lowest BCUT2D eigenvalue weighted by Gasteiger charge is -2.14. The molecule has 1 aliphatic rings. The molecule has 2 amide bonds. The topological polar surface area (TPSA) is 63.7 Å². The fourth-order valence-corrected chi connectivity index (χ4v) is 1.58. The van der Waals surface area contributed by atoms with E-state index in [-0.39, 0.29) is 0 Å². The van der Waals surface area contributed by atoms with Gasteiger partial charge in [0.2, 0.25) is 0 Å². The van der Waals surface area contributed by atoms with Crippen LogP contribution in [0.2, 0.25) is 0 Å². The third kappa shape index (κ3) is 1.91. The third-order valence-corrected chi connectivity index (χ3v) is 2.63. The second-order valence-electron chi connectivity index (χ2n) is 3.90. The molecule has 5 nitrogen and oxygen atoms in total. The molecule has 0 bridgehead atoms. The summed E-state index contributed by atoms with van der Waals surface area (Å²) in [6.07, 6.45) is -0.909. The summed E-state index contributed by atoms with van der Waals surface area (Å²) in [7, 11) is 0. The van der Waals surface area contributed by atoms with E-state index in [1.807, 2.05) is 6.92 Å². The Balaban J connectivity index is 2.29. The van der Waals surface area contributed by atoms with E-state index in [0.29, 0.717) is 5.56 Å². The summed E-state index contributed by atoms with van der Waals surface area (Å²) in [6.45, 7) is 3.35. The molecule has 1 atom stereocenters. The third-order valence-electron chi connectivity index (χ3n) is 2.63. The number of hydrogen-bond acceptors (Lipinski definition) is 4. The van der Waals surface area contributed by atoms with Crippen LogP contribution in [0.25, 0.3) is 0 Å². The molecular weight excluding hydrogens is 222 g/mol. The molecular formula is C12H11NO4. The fraction of sp³-hybridized carbons (Fsp3) is 0.250. The van der Waals surface area contributed by atoms with E-state index in [1.54, 1.807) is 24.3 Å². The smallest absolute Gasteiger partial charge is 0.374 e. The van der Waals surface area contributed by atoms with E-state index in [2.05, 4.69) is 4.74 Å². The number of benzene rings is 1. The van der Waals surface area contributed by atoms with Crippen LogP contribution in [-0.4, -0.2) is 28.9 Å². The summed E-state index contributed by atoms with van der Waals surface area (Å²) < 4.78 is 4.38. The second-order valence-corrected chi connectivity index (χ2v) is 3.90. The Morgan fingerprint density at radius 3 is 2.29 bits per heavy atom. The molecule has 1 fully saturated rings. The summed E-state index contributed by atoms with van der Waals surface area (Å²) in [5, 5.41) is 0. The molecule has 17 heavy (non-hydrogen) atoms. The Labute approximate surface area is 98.0 Å². The van der Waals surface area contributed by atoms with Crippen molar-refractivity contribution in [1.82, 2.24) is 4.90 Å². The molecule has 1 aliphatic heterocycles. The highest BCUT2D eigenvalue weighted by molar-refractivity contribution is 6.10. The number of rotatable bonds is 1. The van der Waals surface area contributed by atoms with Crippen molar-refractivity contribution < 1.29 is 19.1 Å². The number of cyclic esters (lactones) is 2. The molecule has 0 aliphatic carbocycles. The lowest BCUT2D eigenvalue weighted by Crippen LogP contribution is -2.38. The maximum Gasteiger partial charge on any atom is 0.425 e. The number of esters is 1. The zero-order valence-corrected chi connectivity index (χ0v) is 9.47. The summed E-state index contributed by atoms with van der Waals surface area (Å²) in [4.78, 5) is 35.3. The van der Waals surface area contributed by atoms with Gasteiger partial charge < -0.3 is 4.74 Å². The zero-order valence-electron chi connectivity index (χ0n) is 9.47. The normalized spacial score (nSPS) is 19.4. The summed E-state index contributed by atoms with van der Waals surface area (Å²) >= 11 is 0. The van der Waals surface area contributed by atoms with Gasteiger partial charge in [-0.15, -0.1) is 0 Å².